The molecule has 0 amide bonds. The molecular formula is C30H26O6. The van der Waals surface area contributed by atoms with Crippen LogP contribution in [0.2, 0.25) is 0 Å². The number of phenolic OH excluding ortho intramolecular Hbond substituents is 3. The van der Waals surface area contributed by atoms with Crippen LogP contribution in [-0.2, 0) is 25.7 Å². The molecule has 0 bridgehead atoms. The van der Waals surface area contributed by atoms with Gasteiger partial charge in [0, 0.05) is 28.8 Å². The Labute approximate surface area is 209 Å². The Kier molecular flexibility index (Phi) is 5.18. The zero-order valence-electron chi connectivity index (χ0n) is 20.1. The van der Waals surface area contributed by atoms with Crippen LogP contribution in [0.4, 0.5) is 0 Å². The van der Waals surface area contributed by atoms with Crippen molar-refractivity contribution >= 4 is 0 Å². The summed E-state index contributed by atoms with van der Waals surface area (Å²) in [5.41, 5.74) is 7.93. The van der Waals surface area contributed by atoms with Gasteiger partial charge in [0.15, 0.2) is 11.5 Å². The standard InChI is InChI=1S/C30H26O6/c1-34-26-14-21(13-18-4-3-16-11-19(31)6-9-22(16)28(18)26)36-30-24-8-5-17-12-20(32)7-10-23(17)29(24)27(35-2)15-25(30)33/h6-7,9-15,31-33H,3-5,8H2,1-2H3. The van der Waals surface area contributed by atoms with Crippen LogP contribution in [-0.4, -0.2) is 29.5 Å². The third-order valence-electron chi connectivity index (χ3n) is 7.16. The number of phenols is 3. The maximum atomic E-state index is 11.0. The summed E-state index contributed by atoms with van der Waals surface area (Å²) in [6, 6.07) is 16.1. The van der Waals surface area contributed by atoms with E-state index in [0.717, 1.165) is 57.3 Å². The third-order valence-corrected chi connectivity index (χ3v) is 7.16. The van der Waals surface area contributed by atoms with Crippen molar-refractivity contribution in [3.05, 3.63) is 76.9 Å². The minimum Gasteiger partial charge on any atom is -0.508 e. The quantitative estimate of drug-likeness (QED) is 0.324. The molecule has 4 aromatic rings. The minimum absolute atomic E-state index is 0.00494. The van der Waals surface area contributed by atoms with Gasteiger partial charge in [-0.1, -0.05) is 12.1 Å². The number of benzene rings is 4. The summed E-state index contributed by atoms with van der Waals surface area (Å²) >= 11 is 0. The predicted octanol–water partition coefficient (Wildman–Crippen LogP) is 6.14. The smallest absolute Gasteiger partial charge is 0.173 e. The number of methoxy groups -OCH3 is 2. The lowest BCUT2D eigenvalue weighted by Crippen LogP contribution is -2.08. The summed E-state index contributed by atoms with van der Waals surface area (Å²) in [6.07, 6.45) is 2.92. The van der Waals surface area contributed by atoms with Crippen LogP contribution in [0.3, 0.4) is 0 Å². The van der Waals surface area contributed by atoms with E-state index in [1.807, 2.05) is 24.3 Å². The first-order valence-electron chi connectivity index (χ1n) is 11.9. The molecule has 0 unspecified atom stereocenters. The maximum absolute atomic E-state index is 11.0. The van der Waals surface area contributed by atoms with Gasteiger partial charge in [0.25, 0.3) is 0 Å². The van der Waals surface area contributed by atoms with E-state index in [1.165, 1.54) is 0 Å². The van der Waals surface area contributed by atoms with Crippen molar-refractivity contribution in [1.82, 2.24) is 0 Å². The van der Waals surface area contributed by atoms with Crippen molar-refractivity contribution in [2.45, 2.75) is 25.7 Å². The topological polar surface area (TPSA) is 88.4 Å². The molecule has 0 saturated carbocycles. The van der Waals surface area contributed by atoms with Gasteiger partial charge in [-0.2, -0.15) is 0 Å². The highest BCUT2D eigenvalue weighted by Crippen LogP contribution is 2.51. The van der Waals surface area contributed by atoms with E-state index in [9.17, 15) is 15.3 Å². The first-order valence-corrected chi connectivity index (χ1v) is 11.9. The van der Waals surface area contributed by atoms with Crippen molar-refractivity contribution in [2.24, 2.45) is 0 Å². The Balaban J connectivity index is 1.47. The van der Waals surface area contributed by atoms with Gasteiger partial charge in [0.2, 0.25) is 0 Å². The lowest BCUT2D eigenvalue weighted by atomic mass is 9.84. The second-order valence-electron chi connectivity index (χ2n) is 9.23. The van der Waals surface area contributed by atoms with E-state index in [-0.39, 0.29) is 17.2 Å². The van der Waals surface area contributed by atoms with Crippen LogP contribution in [0.5, 0.6) is 40.2 Å². The van der Waals surface area contributed by atoms with E-state index in [0.29, 0.717) is 35.8 Å². The van der Waals surface area contributed by atoms with Crippen LogP contribution < -0.4 is 14.2 Å². The Bertz CT molecular complexity index is 1500. The lowest BCUT2D eigenvalue weighted by molar-refractivity contribution is 0.384. The van der Waals surface area contributed by atoms with Crippen molar-refractivity contribution in [1.29, 1.82) is 0 Å². The molecule has 0 heterocycles. The third kappa shape index (κ3) is 3.49. The van der Waals surface area contributed by atoms with Crippen LogP contribution in [0, 0.1) is 0 Å². The molecule has 0 radical (unpaired) electrons. The summed E-state index contributed by atoms with van der Waals surface area (Å²) in [6.45, 7) is 0. The second-order valence-corrected chi connectivity index (χ2v) is 9.23. The van der Waals surface area contributed by atoms with Gasteiger partial charge in [0.1, 0.15) is 28.7 Å². The molecule has 0 atom stereocenters. The lowest BCUT2D eigenvalue weighted by Gasteiger charge is -2.26. The van der Waals surface area contributed by atoms with Crippen LogP contribution in [0.1, 0.15) is 22.3 Å². The number of fused-ring (bicyclic) bond motifs is 6. The summed E-state index contributed by atoms with van der Waals surface area (Å²) in [5, 5.41) is 30.8. The van der Waals surface area contributed by atoms with Crippen molar-refractivity contribution in [3.63, 3.8) is 0 Å². The van der Waals surface area contributed by atoms with Gasteiger partial charge >= 0.3 is 0 Å². The van der Waals surface area contributed by atoms with Crippen molar-refractivity contribution < 1.29 is 29.5 Å². The normalized spacial score (nSPS) is 13.2. The van der Waals surface area contributed by atoms with Gasteiger partial charge in [-0.3, -0.25) is 0 Å². The number of aryl methyl sites for hydroxylation is 3. The predicted molar refractivity (Wildman–Crippen MR) is 137 cm³/mol. The molecule has 4 aromatic carbocycles. The first kappa shape index (κ1) is 22.2. The highest BCUT2D eigenvalue weighted by atomic mass is 16.5. The van der Waals surface area contributed by atoms with Gasteiger partial charge in [-0.25, -0.2) is 0 Å². The molecule has 0 aromatic heterocycles. The molecule has 6 rings (SSSR count). The zero-order valence-corrected chi connectivity index (χ0v) is 20.1. The molecule has 0 aliphatic heterocycles. The van der Waals surface area contributed by atoms with Crippen LogP contribution >= 0.6 is 0 Å². The Hall–Kier alpha value is -4.32. The molecule has 0 fully saturated rings. The average Bonchev–Trinajstić information content (AvgIpc) is 2.88. The van der Waals surface area contributed by atoms with E-state index in [2.05, 4.69) is 0 Å². The number of rotatable bonds is 4. The van der Waals surface area contributed by atoms with Crippen LogP contribution in [0.15, 0.2) is 54.6 Å². The Morgan fingerprint density at radius 1 is 0.611 bits per heavy atom. The fourth-order valence-electron chi connectivity index (χ4n) is 5.56. The highest BCUT2D eigenvalue weighted by molar-refractivity contribution is 5.84. The molecule has 2 aliphatic carbocycles. The summed E-state index contributed by atoms with van der Waals surface area (Å²) in [4.78, 5) is 0. The molecule has 0 spiro atoms. The van der Waals surface area contributed by atoms with E-state index in [4.69, 9.17) is 14.2 Å². The fourth-order valence-corrected chi connectivity index (χ4v) is 5.56. The maximum Gasteiger partial charge on any atom is 0.173 e. The van der Waals surface area contributed by atoms with Gasteiger partial charge in [-0.15, -0.1) is 0 Å². The zero-order chi connectivity index (χ0) is 25.0. The molecule has 6 heteroatoms. The largest absolute Gasteiger partial charge is 0.508 e. The fraction of sp³-hybridized carbons (Fsp3) is 0.200. The van der Waals surface area contributed by atoms with Gasteiger partial charge < -0.3 is 29.5 Å². The molecule has 2 aliphatic rings. The van der Waals surface area contributed by atoms with Crippen molar-refractivity contribution in [3.8, 4) is 62.5 Å². The molecule has 182 valence electrons. The molecular weight excluding hydrogens is 456 g/mol. The molecule has 6 nitrogen and oxygen atoms in total. The Morgan fingerprint density at radius 2 is 1.19 bits per heavy atom. The summed E-state index contributed by atoms with van der Waals surface area (Å²) in [7, 11) is 3.21. The number of hydrogen-bond donors (Lipinski definition) is 3. The molecule has 36 heavy (non-hydrogen) atoms. The average molecular weight is 483 g/mol. The first-order chi connectivity index (χ1) is 17.5. The number of ether oxygens (including phenoxy) is 3. The number of aromatic hydroxyl groups is 3. The van der Waals surface area contributed by atoms with E-state index in [1.54, 1.807) is 44.6 Å². The summed E-state index contributed by atoms with van der Waals surface area (Å²) < 4.78 is 17.8. The molecule has 3 N–H and O–H groups in total. The highest BCUT2D eigenvalue weighted by Gasteiger charge is 2.28. The minimum atomic E-state index is 0.00494. The number of hydrogen-bond acceptors (Lipinski definition) is 6. The van der Waals surface area contributed by atoms with E-state index >= 15 is 0 Å². The second kappa shape index (κ2) is 8.41. The molecule has 0 saturated heterocycles. The SMILES string of the molecule is COc1cc(Oc2c(O)cc(OC)c3c2CCc2cc(O)ccc2-3)cc2c1-c1ccc(O)cc1CC2. The van der Waals surface area contributed by atoms with Crippen LogP contribution in [0.25, 0.3) is 22.3 Å². The van der Waals surface area contributed by atoms with Gasteiger partial charge in [0.05, 0.1) is 14.2 Å². The van der Waals surface area contributed by atoms with E-state index < -0.39 is 0 Å². The Morgan fingerprint density at radius 3 is 1.86 bits per heavy atom. The van der Waals surface area contributed by atoms with Crippen molar-refractivity contribution in [2.75, 3.05) is 14.2 Å². The van der Waals surface area contributed by atoms with Gasteiger partial charge in [-0.05, 0) is 83.8 Å². The monoisotopic (exact) mass is 482 g/mol. The summed E-state index contributed by atoms with van der Waals surface area (Å²) in [5.74, 6) is 2.70.